The van der Waals surface area contributed by atoms with Crippen LogP contribution in [0.3, 0.4) is 0 Å². The van der Waals surface area contributed by atoms with Gasteiger partial charge in [-0.15, -0.1) is 0 Å². The highest BCUT2D eigenvalue weighted by Crippen LogP contribution is 2.26. The number of rotatable bonds is 7. The molecule has 0 aliphatic carbocycles. The molecule has 1 fully saturated rings. The van der Waals surface area contributed by atoms with Crippen molar-refractivity contribution in [3.8, 4) is 5.75 Å². The topological polar surface area (TPSA) is 80.2 Å². The van der Waals surface area contributed by atoms with E-state index in [-0.39, 0.29) is 11.8 Å². The third kappa shape index (κ3) is 5.24. The van der Waals surface area contributed by atoms with Crippen LogP contribution in [0.15, 0.2) is 55.0 Å². The van der Waals surface area contributed by atoms with E-state index in [1.165, 1.54) is 5.56 Å². The first-order chi connectivity index (χ1) is 15.1. The average Bonchev–Trinajstić information content (AvgIpc) is 3.26. The van der Waals surface area contributed by atoms with Crippen molar-refractivity contribution in [3.63, 3.8) is 0 Å². The summed E-state index contributed by atoms with van der Waals surface area (Å²) < 4.78 is 5.23. The van der Waals surface area contributed by atoms with E-state index in [1.54, 1.807) is 19.5 Å². The lowest BCUT2D eigenvalue weighted by molar-refractivity contribution is 0.0949. The molecule has 1 aliphatic heterocycles. The number of pyridine rings is 1. The Kier molecular flexibility index (Phi) is 6.52. The molecular weight excluding hydrogens is 390 g/mol. The number of aromatic nitrogens is 3. The van der Waals surface area contributed by atoms with Gasteiger partial charge in [0.2, 0.25) is 0 Å². The van der Waals surface area contributed by atoms with E-state index in [9.17, 15) is 4.79 Å². The molecule has 1 amide bonds. The van der Waals surface area contributed by atoms with Crippen LogP contribution in [0.2, 0.25) is 0 Å². The summed E-state index contributed by atoms with van der Waals surface area (Å²) in [5, 5.41) is 2.94. The zero-order chi connectivity index (χ0) is 21.6. The molecule has 3 aromatic rings. The summed E-state index contributed by atoms with van der Waals surface area (Å²) in [5.41, 5.74) is 3.40. The molecule has 4 rings (SSSR count). The maximum Gasteiger partial charge on any atom is 0.254 e. The van der Waals surface area contributed by atoms with Crippen LogP contribution in [-0.2, 0) is 13.1 Å². The van der Waals surface area contributed by atoms with Crippen LogP contribution in [0.1, 0.15) is 45.3 Å². The molecule has 2 aromatic heterocycles. The highest BCUT2D eigenvalue weighted by atomic mass is 16.5. The van der Waals surface area contributed by atoms with Gasteiger partial charge in [-0.3, -0.25) is 14.7 Å². The maximum atomic E-state index is 12.6. The molecule has 1 N–H and O–H groups in total. The molecule has 1 aliphatic rings. The Morgan fingerprint density at radius 3 is 2.87 bits per heavy atom. The fraction of sp³-hybridized carbons (Fsp3) is 0.333. The largest absolute Gasteiger partial charge is 0.497 e. The van der Waals surface area contributed by atoms with Crippen LogP contribution in [0.5, 0.6) is 5.75 Å². The first kappa shape index (κ1) is 20.9. The van der Waals surface area contributed by atoms with E-state index < -0.39 is 0 Å². The summed E-state index contributed by atoms with van der Waals surface area (Å²) in [6.07, 6.45) is 6.37. The molecule has 0 saturated carbocycles. The van der Waals surface area contributed by atoms with Crippen LogP contribution < -0.4 is 10.1 Å². The van der Waals surface area contributed by atoms with Gasteiger partial charge < -0.3 is 10.1 Å². The van der Waals surface area contributed by atoms with Crippen molar-refractivity contribution in [2.45, 2.75) is 32.4 Å². The quantitative estimate of drug-likeness (QED) is 0.636. The van der Waals surface area contributed by atoms with Crippen molar-refractivity contribution in [1.29, 1.82) is 0 Å². The standard InChI is InChI=1S/C24H27N5O2/c1-17-22(24(30)27-13-18-5-3-7-21(11-18)31-2)14-26-23(28-17)20-8-10-29(16-20)15-19-6-4-9-25-12-19/h3-7,9,11-12,14,20H,8,10,13,15-16H2,1-2H3,(H,27,30)/t20-/m1/s1. The minimum Gasteiger partial charge on any atom is -0.497 e. The second kappa shape index (κ2) is 9.66. The second-order valence-electron chi connectivity index (χ2n) is 7.84. The van der Waals surface area contributed by atoms with Crippen molar-refractivity contribution in [1.82, 2.24) is 25.2 Å². The van der Waals surface area contributed by atoms with Crippen molar-refractivity contribution in [2.75, 3.05) is 20.2 Å². The number of methoxy groups -OCH3 is 1. The molecule has 0 spiro atoms. The summed E-state index contributed by atoms with van der Waals surface area (Å²) in [6.45, 7) is 5.09. The monoisotopic (exact) mass is 417 g/mol. The van der Waals surface area contributed by atoms with Crippen molar-refractivity contribution < 1.29 is 9.53 Å². The molecule has 31 heavy (non-hydrogen) atoms. The van der Waals surface area contributed by atoms with Gasteiger partial charge in [-0.05, 0) is 49.2 Å². The molecule has 1 atom stereocenters. The molecule has 0 radical (unpaired) electrons. The molecule has 0 bridgehead atoms. The van der Waals surface area contributed by atoms with E-state index in [1.807, 2.05) is 43.5 Å². The molecule has 0 unspecified atom stereocenters. The number of ether oxygens (including phenoxy) is 1. The lowest BCUT2D eigenvalue weighted by atomic mass is 10.1. The van der Waals surface area contributed by atoms with Gasteiger partial charge in [0.05, 0.1) is 18.4 Å². The Balaban J connectivity index is 1.36. The summed E-state index contributed by atoms with van der Waals surface area (Å²) >= 11 is 0. The van der Waals surface area contributed by atoms with Gasteiger partial charge in [0.25, 0.3) is 5.91 Å². The summed E-state index contributed by atoms with van der Waals surface area (Å²) in [6, 6.07) is 11.7. The van der Waals surface area contributed by atoms with Gasteiger partial charge in [-0.25, -0.2) is 9.97 Å². The predicted octanol–water partition coefficient (Wildman–Crippen LogP) is 3.11. The summed E-state index contributed by atoms with van der Waals surface area (Å²) in [7, 11) is 1.63. The van der Waals surface area contributed by atoms with Crippen molar-refractivity contribution >= 4 is 5.91 Å². The third-order valence-corrected chi connectivity index (χ3v) is 5.60. The average molecular weight is 418 g/mol. The summed E-state index contributed by atoms with van der Waals surface area (Å²) in [5.74, 6) is 1.70. The number of nitrogens with zero attached hydrogens (tertiary/aromatic N) is 4. The highest BCUT2D eigenvalue weighted by Gasteiger charge is 2.26. The van der Waals surface area contributed by atoms with E-state index in [2.05, 4.69) is 31.2 Å². The van der Waals surface area contributed by atoms with Crippen LogP contribution >= 0.6 is 0 Å². The fourth-order valence-corrected chi connectivity index (χ4v) is 3.90. The Bertz CT molecular complexity index is 1040. The van der Waals surface area contributed by atoms with Gasteiger partial charge in [0, 0.05) is 44.1 Å². The fourth-order valence-electron chi connectivity index (χ4n) is 3.90. The molecule has 7 heteroatoms. The number of aryl methyl sites for hydroxylation is 1. The lowest BCUT2D eigenvalue weighted by Crippen LogP contribution is -2.25. The maximum absolute atomic E-state index is 12.6. The zero-order valence-corrected chi connectivity index (χ0v) is 17.9. The normalized spacial score (nSPS) is 16.3. The number of benzene rings is 1. The number of carbonyl (C=O) groups excluding carboxylic acids is 1. The first-order valence-electron chi connectivity index (χ1n) is 10.5. The van der Waals surface area contributed by atoms with Crippen molar-refractivity contribution in [3.05, 3.63) is 83.2 Å². The molecule has 3 heterocycles. The smallest absolute Gasteiger partial charge is 0.254 e. The van der Waals surface area contributed by atoms with E-state index in [0.29, 0.717) is 17.8 Å². The molecular formula is C24H27N5O2. The van der Waals surface area contributed by atoms with E-state index in [0.717, 1.165) is 43.2 Å². The molecule has 160 valence electrons. The number of likely N-dealkylation sites (tertiary alicyclic amines) is 1. The number of carbonyl (C=O) groups is 1. The molecule has 1 saturated heterocycles. The molecule has 1 aromatic carbocycles. The Labute approximate surface area is 182 Å². The van der Waals surface area contributed by atoms with Gasteiger partial charge in [-0.2, -0.15) is 0 Å². The third-order valence-electron chi connectivity index (χ3n) is 5.60. The minimum atomic E-state index is -0.170. The van der Waals surface area contributed by atoms with Gasteiger partial charge >= 0.3 is 0 Å². The second-order valence-corrected chi connectivity index (χ2v) is 7.84. The van der Waals surface area contributed by atoms with Crippen molar-refractivity contribution in [2.24, 2.45) is 0 Å². The van der Waals surface area contributed by atoms with Crippen LogP contribution in [0.4, 0.5) is 0 Å². The number of hydrogen-bond acceptors (Lipinski definition) is 6. The lowest BCUT2D eigenvalue weighted by Gasteiger charge is -2.16. The van der Waals surface area contributed by atoms with Crippen LogP contribution in [0, 0.1) is 6.92 Å². The van der Waals surface area contributed by atoms with E-state index in [4.69, 9.17) is 4.74 Å². The molecule has 7 nitrogen and oxygen atoms in total. The Morgan fingerprint density at radius 1 is 1.23 bits per heavy atom. The number of nitrogens with one attached hydrogen (secondary N) is 1. The van der Waals surface area contributed by atoms with Crippen LogP contribution in [0.25, 0.3) is 0 Å². The van der Waals surface area contributed by atoms with Gasteiger partial charge in [0.15, 0.2) is 0 Å². The van der Waals surface area contributed by atoms with Gasteiger partial charge in [0.1, 0.15) is 11.6 Å². The van der Waals surface area contributed by atoms with Gasteiger partial charge in [-0.1, -0.05) is 18.2 Å². The summed E-state index contributed by atoms with van der Waals surface area (Å²) in [4.78, 5) is 28.4. The van der Waals surface area contributed by atoms with E-state index >= 15 is 0 Å². The predicted molar refractivity (Wildman–Crippen MR) is 118 cm³/mol. The van der Waals surface area contributed by atoms with Crippen LogP contribution in [-0.4, -0.2) is 46.0 Å². The number of amides is 1. The Hall–Kier alpha value is -3.32. The Morgan fingerprint density at radius 2 is 2.10 bits per heavy atom. The zero-order valence-electron chi connectivity index (χ0n) is 17.9. The number of hydrogen-bond donors (Lipinski definition) is 1. The highest BCUT2D eigenvalue weighted by molar-refractivity contribution is 5.94. The first-order valence-corrected chi connectivity index (χ1v) is 10.5. The SMILES string of the molecule is COc1cccc(CNC(=O)c2cnc([C@@H]3CCN(Cc4cccnc4)C3)nc2C)c1. The minimum absolute atomic E-state index is 0.170.